The van der Waals surface area contributed by atoms with E-state index in [-0.39, 0.29) is 5.70 Å². The predicted molar refractivity (Wildman–Crippen MR) is 134 cm³/mol. The average Bonchev–Trinajstić information content (AvgIpc) is 3.25. The third kappa shape index (κ3) is 4.43. The normalized spacial score (nSPS) is 16.5. The zero-order chi connectivity index (χ0) is 23.9. The van der Waals surface area contributed by atoms with Gasteiger partial charge in [0.15, 0.2) is 5.65 Å². The summed E-state index contributed by atoms with van der Waals surface area (Å²) in [5.41, 5.74) is 3.39. The van der Waals surface area contributed by atoms with Crippen LogP contribution in [0.5, 0.6) is 0 Å². The number of halogens is 1. The number of urea groups is 1. The van der Waals surface area contributed by atoms with Crippen molar-refractivity contribution >= 4 is 58.5 Å². The van der Waals surface area contributed by atoms with Gasteiger partial charge in [-0.05, 0) is 42.2 Å². The maximum atomic E-state index is 12.0. The number of imide groups is 1. The number of benzene rings is 1. The van der Waals surface area contributed by atoms with Gasteiger partial charge in [0.25, 0.3) is 5.91 Å². The van der Waals surface area contributed by atoms with Gasteiger partial charge in [-0.15, -0.1) is 11.3 Å². The second-order valence-electron chi connectivity index (χ2n) is 8.21. The van der Waals surface area contributed by atoms with Crippen molar-refractivity contribution in [3.8, 4) is 10.4 Å². The maximum absolute atomic E-state index is 12.0. The predicted octanol–water partition coefficient (Wildman–Crippen LogP) is 3.87. The Labute approximate surface area is 208 Å². The van der Waals surface area contributed by atoms with E-state index in [0.29, 0.717) is 35.7 Å². The number of anilines is 2. The smallest absolute Gasteiger partial charge is 0.326 e. The van der Waals surface area contributed by atoms with Crippen LogP contribution in [0.2, 0.25) is 4.34 Å². The minimum absolute atomic E-state index is 0.137. The first-order valence-electron chi connectivity index (χ1n) is 11.0. The summed E-state index contributed by atoms with van der Waals surface area (Å²) in [6.45, 7) is 0.494. The summed E-state index contributed by atoms with van der Waals surface area (Å²) in [6.07, 6.45) is 5.27. The molecule has 2 aliphatic rings. The number of thiophene rings is 1. The van der Waals surface area contributed by atoms with Crippen LogP contribution in [0.1, 0.15) is 24.0 Å². The molecule has 1 saturated heterocycles. The molecule has 12 heteroatoms. The molecule has 4 aromatic rings. The van der Waals surface area contributed by atoms with E-state index in [9.17, 15) is 9.59 Å². The van der Waals surface area contributed by atoms with Gasteiger partial charge in [0.1, 0.15) is 5.70 Å². The third-order valence-electron chi connectivity index (χ3n) is 5.62. The van der Waals surface area contributed by atoms with Crippen molar-refractivity contribution in [2.24, 2.45) is 0 Å². The van der Waals surface area contributed by atoms with E-state index < -0.39 is 11.9 Å². The van der Waals surface area contributed by atoms with Crippen LogP contribution in [0.15, 0.2) is 48.3 Å². The fraction of sp³-hybridized carbons (Fsp3) is 0.174. The van der Waals surface area contributed by atoms with E-state index in [1.54, 1.807) is 16.8 Å². The van der Waals surface area contributed by atoms with E-state index in [1.807, 2.05) is 30.3 Å². The Balaban J connectivity index is 1.34. The summed E-state index contributed by atoms with van der Waals surface area (Å²) in [5.74, 6) is 0.478. The first-order valence-corrected chi connectivity index (χ1v) is 12.2. The van der Waals surface area contributed by atoms with Crippen molar-refractivity contribution in [1.29, 1.82) is 0 Å². The fourth-order valence-electron chi connectivity index (χ4n) is 3.77. The summed E-state index contributed by atoms with van der Waals surface area (Å²) in [7, 11) is 0. The number of nitrogens with one attached hydrogen (secondary N) is 4. The van der Waals surface area contributed by atoms with Crippen molar-refractivity contribution in [1.82, 2.24) is 30.2 Å². The number of carbonyl (C=O) groups is 2. The Morgan fingerprint density at radius 1 is 1.14 bits per heavy atom. The van der Waals surface area contributed by atoms with Crippen molar-refractivity contribution in [3.63, 3.8) is 0 Å². The van der Waals surface area contributed by atoms with Crippen LogP contribution in [-0.2, 0) is 11.3 Å². The topological polar surface area (TPSA) is 125 Å². The molecule has 4 N–H and O–H groups in total. The molecule has 0 radical (unpaired) electrons. The van der Waals surface area contributed by atoms with Crippen LogP contribution in [0.25, 0.3) is 22.2 Å². The summed E-state index contributed by atoms with van der Waals surface area (Å²) in [4.78, 5) is 33.9. The zero-order valence-electron chi connectivity index (χ0n) is 18.2. The molecule has 3 amide bonds. The van der Waals surface area contributed by atoms with Gasteiger partial charge in [-0.1, -0.05) is 35.9 Å². The molecule has 3 aromatic heterocycles. The summed E-state index contributed by atoms with van der Waals surface area (Å²) < 4.78 is 2.34. The average molecular weight is 507 g/mol. The van der Waals surface area contributed by atoms with E-state index in [4.69, 9.17) is 11.6 Å². The van der Waals surface area contributed by atoms with Crippen LogP contribution in [0.3, 0.4) is 0 Å². The minimum atomic E-state index is -0.559. The quantitative estimate of drug-likeness (QED) is 0.221. The molecule has 1 aliphatic heterocycles. The van der Waals surface area contributed by atoms with Crippen molar-refractivity contribution in [3.05, 3.63) is 63.8 Å². The first kappa shape index (κ1) is 21.6. The highest BCUT2D eigenvalue weighted by atomic mass is 35.5. The zero-order valence-corrected chi connectivity index (χ0v) is 19.8. The van der Waals surface area contributed by atoms with Gasteiger partial charge in [0.05, 0.1) is 10.5 Å². The minimum Gasteiger partial charge on any atom is -0.351 e. The molecule has 0 atom stereocenters. The number of hydrogen-bond acceptors (Lipinski definition) is 8. The SMILES string of the molecule is O=C1NC(=O)/C(=C/c2cnn3c(NC4CC4)nc(NCc4ccccc4-c4ccc(Cl)s4)nc23)N1. The number of rotatable bonds is 7. The Hall–Kier alpha value is -3.96. The maximum Gasteiger partial charge on any atom is 0.326 e. The van der Waals surface area contributed by atoms with Crippen LogP contribution in [-0.4, -0.2) is 37.6 Å². The molecule has 6 rings (SSSR count). The highest BCUT2D eigenvalue weighted by molar-refractivity contribution is 7.19. The van der Waals surface area contributed by atoms with E-state index in [0.717, 1.165) is 33.2 Å². The molecule has 1 saturated carbocycles. The molecule has 176 valence electrons. The lowest BCUT2D eigenvalue weighted by Crippen LogP contribution is -2.22. The van der Waals surface area contributed by atoms with Gasteiger partial charge < -0.3 is 16.0 Å². The fourth-order valence-corrected chi connectivity index (χ4v) is 4.87. The van der Waals surface area contributed by atoms with Crippen LogP contribution >= 0.6 is 22.9 Å². The molecule has 1 aliphatic carbocycles. The van der Waals surface area contributed by atoms with Crippen LogP contribution in [0, 0.1) is 0 Å². The third-order valence-corrected chi connectivity index (χ3v) is 6.88. The Bertz CT molecular complexity index is 1510. The van der Waals surface area contributed by atoms with Gasteiger partial charge in [-0.25, -0.2) is 4.79 Å². The second kappa shape index (κ2) is 8.67. The molecule has 0 unspecified atom stereocenters. The second-order valence-corrected chi connectivity index (χ2v) is 9.92. The lowest BCUT2D eigenvalue weighted by atomic mass is 10.1. The van der Waals surface area contributed by atoms with E-state index >= 15 is 0 Å². The number of amides is 3. The number of carbonyl (C=O) groups excluding carboxylic acids is 2. The summed E-state index contributed by atoms with van der Waals surface area (Å²) in [6, 6.07) is 11.8. The molecule has 35 heavy (non-hydrogen) atoms. The number of aromatic nitrogens is 4. The number of nitrogens with zero attached hydrogens (tertiary/aromatic N) is 4. The molecular formula is C23H19ClN8O2S. The Morgan fingerprint density at radius 2 is 2.00 bits per heavy atom. The largest absolute Gasteiger partial charge is 0.351 e. The highest BCUT2D eigenvalue weighted by Gasteiger charge is 2.26. The lowest BCUT2D eigenvalue weighted by molar-refractivity contribution is -0.115. The molecule has 10 nitrogen and oxygen atoms in total. The summed E-state index contributed by atoms with van der Waals surface area (Å²) >= 11 is 7.68. The molecule has 4 heterocycles. The highest BCUT2D eigenvalue weighted by Crippen LogP contribution is 2.33. The number of hydrogen-bond donors (Lipinski definition) is 4. The van der Waals surface area contributed by atoms with Gasteiger partial charge in [-0.3, -0.25) is 10.1 Å². The summed E-state index contributed by atoms with van der Waals surface area (Å²) in [5, 5.41) is 15.8. The molecule has 1 aromatic carbocycles. The standard InChI is InChI=1S/C23H19ClN8O2S/c24-18-8-7-17(35-18)15-4-2-1-3-12(15)10-25-21-29-19-13(9-16-20(33)30-23(34)28-16)11-26-32(19)22(31-21)27-14-5-6-14/h1-4,7-9,11,14H,5-6,10H2,(H2,25,27,29,31)(H2,28,30,33,34)/b16-9-. The molecular weight excluding hydrogens is 488 g/mol. The number of fused-ring (bicyclic) bond motifs is 1. The Kier molecular flexibility index (Phi) is 5.34. The molecule has 2 fully saturated rings. The van der Waals surface area contributed by atoms with Crippen molar-refractivity contribution in [2.45, 2.75) is 25.4 Å². The first-order chi connectivity index (χ1) is 17.0. The van der Waals surface area contributed by atoms with Gasteiger partial charge in [-0.2, -0.15) is 19.6 Å². The van der Waals surface area contributed by atoms with Crippen LogP contribution < -0.4 is 21.3 Å². The van der Waals surface area contributed by atoms with Gasteiger partial charge >= 0.3 is 6.03 Å². The lowest BCUT2D eigenvalue weighted by Gasteiger charge is -2.12. The van der Waals surface area contributed by atoms with Crippen molar-refractivity contribution < 1.29 is 9.59 Å². The monoisotopic (exact) mass is 506 g/mol. The van der Waals surface area contributed by atoms with Gasteiger partial charge in [0.2, 0.25) is 11.9 Å². The van der Waals surface area contributed by atoms with Gasteiger partial charge in [0, 0.05) is 23.0 Å². The molecule has 0 spiro atoms. The van der Waals surface area contributed by atoms with E-state index in [1.165, 1.54) is 11.3 Å². The van der Waals surface area contributed by atoms with Crippen molar-refractivity contribution in [2.75, 3.05) is 10.6 Å². The van der Waals surface area contributed by atoms with E-state index in [2.05, 4.69) is 42.4 Å². The molecule has 0 bridgehead atoms. The van der Waals surface area contributed by atoms with Crippen LogP contribution in [0.4, 0.5) is 16.7 Å². The Morgan fingerprint density at radius 3 is 2.74 bits per heavy atom.